The van der Waals surface area contributed by atoms with Gasteiger partial charge in [-0.25, -0.2) is 9.50 Å². The summed E-state index contributed by atoms with van der Waals surface area (Å²) in [7, 11) is 0. The number of amides is 2. The Labute approximate surface area is 207 Å². The van der Waals surface area contributed by atoms with Gasteiger partial charge in [0.15, 0.2) is 0 Å². The number of aliphatic hydroxyl groups is 1. The number of ether oxygens (including phenoxy) is 2. The number of pyridine rings is 2. The molecule has 188 valence electrons. The van der Waals surface area contributed by atoms with Crippen molar-refractivity contribution in [3.63, 3.8) is 0 Å². The molecule has 0 aliphatic heterocycles. The zero-order chi connectivity index (χ0) is 24.9. The number of rotatable bonds is 8. The third-order valence-electron chi connectivity index (χ3n) is 7.86. The molecule has 4 N–H and O–H groups in total. The molecule has 0 atom stereocenters. The molecule has 2 amide bonds. The summed E-state index contributed by atoms with van der Waals surface area (Å²) in [4.78, 5) is 28.6. The molecular formula is C26H29N5O5. The van der Waals surface area contributed by atoms with E-state index in [4.69, 9.17) is 15.2 Å². The molecule has 0 unspecified atom stereocenters. The van der Waals surface area contributed by atoms with Crippen LogP contribution in [0.15, 0.2) is 42.9 Å². The number of nitrogens with zero attached hydrogens (tertiary/aromatic N) is 3. The molecule has 3 aromatic rings. The van der Waals surface area contributed by atoms with Crippen molar-refractivity contribution in [2.45, 2.75) is 62.7 Å². The molecule has 3 saturated carbocycles. The maximum Gasteiger partial charge on any atom is 0.255 e. The van der Waals surface area contributed by atoms with E-state index in [1.807, 2.05) is 6.07 Å². The van der Waals surface area contributed by atoms with Crippen LogP contribution in [0, 0.1) is 5.41 Å². The summed E-state index contributed by atoms with van der Waals surface area (Å²) in [6.07, 6.45) is 10.9. The van der Waals surface area contributed by atoms with Gasteiger partial charge in [0.2, 0.25) is 5.88 Å². The number of nitrogens with two attached hydrogens (primary N) is 1. The molecule has 36 heavy (non-hydrogen) atoms. The van der Waals surface area contributed by atoms with Crippen molar-refractivity contribution in [1.29, 1.82) is 0 Å². The van der Waals surface area contributed by atoms with Crippen LogP contribution in [0.25, 0.3) is 5.52 Å². The highest BCUT2D eigenvalue weighted by Crippen LogP contribution is 2.56. The van der Waals surface area contributed by atoms with Crippen LogP contribution in [0.1, 0.15) is 65.7 Å². The van der Waals surface area contributed by atoms with E-state index >= 15 is 0 Å². The second kappa shape index (κ2) is 8.48. The fourth-order valence-corrected chi connectivity index (χ4v) is 5.68. The second-order valence-electron chi connectivity index (χ2n) is 10.6. The van der Waals surface area contributed by atoms with Crippen LogP contribution in [-0.2, 0) is 0 Å². The summed E-state index contributed by atoms with van der Waals surface area (Å²) in [5, 5.41) is 17.7. The second-order valence-corrected chi connectivity index (χ2v) is 10.6. The largest absolute Gasteiger partial charge is 0.489 e. The van der Waals surface area contributed by atoms with E-state index in [0.717, 1.165) is 44.9 Å². The van der Waals surface area contributed by atoms with Gasteiger partial charge in [0.1, 0.15) is 24.0 Å². The number of aromatic nitrogens is 3. The van der Waals surface area contributed by atoms with Gasteiger partial charge in [-0.1, -0.05) is 0 Å². The van der Waals surface area contributed by atoms with Gasteiger partial charge in [-0.3, -0.25) is 9.59 Å². The van der Waals surface area contributed by atoms with Crippen molar-refractivity contribution < 1.29 is 24.2 Å². The Morgan fingerprint density at radius 3 is 2.69 bits per heavy atom. The van der Waals surface area contributed by atoms with Gasteiger partial charge in [0.05, 0.1) is 29.1 Å². The van der Waals surface area contributed by atoms with Crippen LogP contribution < -0.4 is 20.5 Å². The topological polar surface area (TPSA) is 141 Å². The summed E-state index contributed by atoms with van der Waals surface area (Å²) >= 11 is 0. The van der Waals surface area contributed by atoms with Crippen LogP contribution in [0.2, 0.25) is 0 Å². The number of hydrogen-bond donors (Lipinski definition) is 3. The Balaban J connectivity index is 1.01. The Morgan fingerprint density at radius 2 is 1.97 bits per heavy atom. The zero-order valence-electron chi connectivity index (χ0n) is 19.9. The Morgan fingerprint density at radius 1 is 1.17 bits per heavy atom. The third-order valence-corrected chi connectivity index (χ3v) is 7.86. The zero-order valence-corrected chi connectivity index (χ0v) is 19.9. The molecule has 0 aromatic carbocycles. The minimum Gasteiger partial charge on any atom is -0.489 e. The van der Waals surface area contributed by atoms with Crippen molar-refractivity contribution in [2.24, 2.45) is 11.1 Å². The SMILES string of the molecule is NC(=O)c1cccnc1OC1CC2(CC(NC(=O)c3cnn4cc(OCC5(O)CCC5)ccc34)C2)C1. The summed E-state index contributed by atoms with van der Waals surface area (Å²) < 4.78 is 13.3. The molecule has 0 bridgehead atoms. The molecule has 6 rings (SSSR count). The van der Waals surface area contributed by atoms with Crippen LogP contribution >= 0.6 is 0 Å². The Kier molecular flexibility index (Phi) is 5.36. The minimum atomic E-state index is -0.721. The van der Waals surface area contributed by atoms with E-state index in [9.17, 15) is 14.7 Å². The highest BCUT2D eigenvalue weighted by atomic mass is 16.5. The maximum atomic E-state index is 12.9. The first-order valence-corrected chi connectivity index (χ1v) is 12.4. The molecule has 0 radical (unpaired) electrons. The molecule has 10 heteroatoms. The van der Waals surface area contributed by atoms with E-state index in [2.05, 4.69) is 15.4 Å². The van der Waals surface area contributed by atoms with E-state index in [0.29, 0.717) is 22.4 Å². The lowest BCUT2D eigenvalue weighted by molar-refractivity contribution is -0.0848. The number of carbonyl (C=O) groups is 2. The van der Waals surface area contributed by atoms with Crippen molar-refractivity contribution >= 4 is 17.3 Å². The summed E-state index contributed by atoms with van der Waals surface area (Å²) in [6.45, 7) is 0.261. The molecule has 3 aromatic heterocycles. The average Bonchev–Trinajstić information content (AvgIpc) is 3.22. The van der Waals surface area contributed by atoms with Crippen molar-refractivity contribution in [3.05, 3.63) is 54.0 Å². The highest BCUT2D eigenvalue weighted by molar-refractivity contribution is 6.00. The van der Waals surface area contributed by atoms with E-state index in [-0.39, 0.29) is 36.0 Å². The molecule has 1 spiro atoms. The fourth-order valence-electron chi connectivity index (χ4n) is 5.68. The smallest absolute Gasteiger partial charge is 0.255 e. The van der Waals surface area contributed by atoms with Crippen LogP contribution in [-0.4, -0.2) is 55.9 Å². The van der Waals surface area contributed by atoms with Gasteiger partial charge >= 0.3 is 0 Å². The Bertz CT molecular complexity index is 1320. The lowest BCUT2D eigenvalue weighted by atomic mass is 9.53. The van der Waals surface area contributed by atoms with Crippen LogP contribution in [0.4, 0.5) is 0 Å². The number of fused-ring (bicyclic) bond motifs is 1. The monoisotopic (exact) mass is 491 g/mol. The maximum absolute atomic E-state index is 12.9. The fraction of sp³-hybridized carbons (Fsp3) is 0.462. The normalized spacial score (nSPS) is 25.9. The number of primary amides is 1. The van der Waals surface area contributed by atoms with Crippen LogP contribution in [0.5, 0.6) is 11.6 Å². The first kappa shape index (κ1) is 22.8. The van der Waals surface area contributed by atoms with Gasteiger partial charge < -0.3 is 25.6 Å². The first-order valence-electron chi connectivity index (χ1n) is 12.4. The van der Waals surface area contributed by atoms with Gasteiger partial charge in [0.25, 0.3) is 11.8 Å². The molecule has 3 heterocycles. The summed E-state index contributed by atoms with van der Waals surface area (Å²) in [5.41, 5.74) is 6.36. The van der Waals surface area contributed by atoms with E-state index in [1.165, 1.54) is 0 Å². The quantitative estimate of drug-likeness (QED) is 0.439. The lowest BCUT2D eigenvalue weighted by Gasteiger charge is -2.57. The number of nitrogens with one attached hydrogen (secondary N) is 1. The molecule has 3 aliphatic carbocycles. The predicted molar refractivity (Wildman–Crippen MR) is 129 cm³/mol. The standard InChI is InChI=1S/C26H29N5O5/c27-22(32)19-3-1-8-28-24(19)36-18-11-25(12-18)9-16(10-25)30-23(33)20-13-29-31-14-17(4-5-21(20)31)35-15-26(34)6-2-7-26/h1,3-5,8,13-14,16,18,34H,2,6-7,9-12,15H2,(H2,27,32)(H,30,33). The lowest BCUT2D eigenvalue weighted by Crippen LogP contribution is -2.58. The minimum absolute atomic E-state index is 0.00399. The molecule has 10 nitrogen and oxygen atoms in total. The molecule has 3 aliphatic rings. The van der Waals surface area contributed by atoms with Gasteiger partial charge in [-0.05, 0) is 74.6 Å². The van der Waals surface area contributed by atoms with Crippen molar-refractivity contribution in [2.75, 3.05) is 6.61 Å². The van der Waals surface area contributed by atoms with Gasteiger partial charge in [-0.2, -0.15) is 5.10 Å². The van der Waals surface area contributed by atoms with E-state index < -0.39 is 11.5 Å². The summed E-state index contributed by atoms with van der Waals surface area (Å²) in [5.74, 6) is 0.194. The number of carbonyl (C=O) groups excluding carboxylic acids is 2. The van der Waals surface area contributed by atoms with Crippen molar-refractivity contribution in [3.8, 4) is 11.6 Å². The predicted octanol–water partition coefficient (Wildman–Crippen LogP) is 2.24. The van der Waals surface area contributed by atoms with E-state index in [1.54, 1.807) is 41.3 Å². The highest BCUT2D eigenvalue weighted by Gasteiger charge is 2.54. The average molecular weight is 492 g/mol. The molecule has 3 fully saturated rings. The van der Waals surface area contributed by atoms with Crippen molar-refractivity contribution in [1.82, 2.24) is 19.9 Å². The molecule has 0 saturated heterocycles. The van der Waals surface area contributed by atoms with Gasteiger partial charge in [0, 0.05) is 12.2 Å². The number of hydrogen-bond acceptors (Lipinski definition) is 7. The third kappa shape index (κ3) is 4.15. The Hall–Kier alpha value is -3.66. The van der Waals surface area contributed by atoms with Crippen LogP contribution in [0.3, 0.4) is 0 Å². The first-order chi connectivity index (χ1) is 17.3. The summed E-state index contributed by atoms with van der Waals surface area (Å²) in [6, 6.07) is 6.99. The molecular weight excluding hydrogens is 462 g/mol. The van der Waals surface area contributed by atoms with Gasteiger partial charge in [-0.15, -0.1) is 0 Å².